The lowest BCUT2D eigenvalue weighted by atomic mass is 9.94. The smallest absolute Gasteiger partial charge is 0.222 e. The normalized spacial score (nSPS) is 22.1. The molecule has 0 aromatic heterocycles. The van der Waals surface area contributed by atoms with Crippen molar-refractivity contribution in [3.05, 3.63) is 66.2 Å². The van der Waals surface area contributed by atoms with E-state index in [-0.39, 0.29) is 5.91 Å². The summed E-state index contributed by atoms with van der Waals surface area (Å²) in [5, 5.41) is 0. The average molecular weight is 379 g/mol. The first-order chi connectivity index (χ1) is 13.8. The molecule has 28 heavy (non-hydrogen) atoms. The van der Waals surface area contributed by atoms with Gasteiger partial charge in [0.1, 0.15) is 5.75 Å². The quantitative estimate of drug-likeness (QED) is 0.684. The highest BCUT2D eigenvalue weighted by Gasteiger charge is 2.36. The van der Waals surface area contributed by atoms with Crippen molar-refractivity contribution < 1.29 is 9.53 Å². The maximum absolute atomic E-state index is 12.8. The maximum Gasteiger partial charge on any atom is 0.222 e. The van der Waals surface area contributed by atoms with Crippen molar-refractivity contribution in [1.29, 1.82) is 0 Å². The Morgan fingerprint density at radius 1 is 0.929 bits per heavy atom. The van der Waals surface area contributed by atoms with Gasteiger partial charge in [-0.3, -0.25) is 9.69 Å². The molecule has 3 aliphatic heterocycles. The van der Waals surface area contributed by atoms with Crippen molar-refractivity contribution in [2.24, 2.45) is 5.92 Å². The monoisotopic (exact) mass is 378 g/mol. The van der Waals surface area contributed by atoms with Gasteiger partial charge < -0.3 is 9.64 Å². The van der Waals surface area contributed by atoms with Crippen LogP contribution in [0, 0.1) is 5.92 Å². The Morgan fingerprint density at radius 2 is 1.68 bits per heavy atom. The molecule has 1 amide bonds. The number of rotatable bonds is 7. The first kappa shape index (κ1) is 19.0. The summed E-state index contributed by atoms with van der Waals surface area (Å²) < 4.78 is 5.73. The van der Waals surface area contributed by atoms with Crippen molar-refractivity contribution in [3.63, 3.8) is 0 Å². The molecule has 0 spiro atoms. The minimum atomic E-state index is 0.287. The lowest BCUT2D eigenvalue weighted by Crippen LogP contribution is -2.43. The van der Waals surface area contributed by atoms with E-state index >= 15 is 0 Å². The summed E-state index contributed by atoms with van der Waals surface area (Å²) in [7, 11) is 0. The van der Waals surface area contributed by atoms with Crippen molar-refractivity contribution >= 4 is 5.91 Å². The molecule has 0 saturated carbocycles. The molecule has 2 aromatic carbocycles. The van der Waals surface area contributed by atoms with E-state index in [2.05, 4.69) is 40.1 Å². The van der Waals surface area contributed by atoms with E-state index in [1.807, 2.05) is 30.3 Å². The van der Waals surface area contributed by atoms with Gasteiger partial charge in [0.05, 0.1) is 6.61 Å². The van der Waals surface area contributed by atoms with E-state index in [0.717, 1.165) is 38.3 Å². The van der Waals surface area contributed by atoms with Gasteiger partial charge in [-0.1, -0.05) is 48.5 Å². The third kappa shape index (κ3) is 4.93. The molecule has 5 rings (SSSR count). The zero-order valence-electron chi connectivity index (χ0n) is 16.5. The predicted octanol–water partition coefficient (Wildman–Crippen LogP) is 3.97. The van der Waals surface area contributed by atoms with Crippen LogP contribution in [0.15, 0.2) is 60.7 Å². The molecule has 2 atom stereocenters. The summed E-state index contributed by atoms with van der Waals surface area (Å²) in [5.74, 6) is 1.77. The van der Waals surface area contributed by atoms with Crippen LogP contribution in [0.3, 0.4) is 0 Å². The average Bonchev–Trinajstić information content (AvgIpc) is 3.05. The fourth-order valence-electron chi connectivity index (χ4n) is 4.48. The molecular formula is C24H30N2O2. The molecule has 3 heterocycles. The Bertz CT molecular complexity index is 750. The summed E-state index contributed by atoms with van der Waals surface area (Å²) in [6.07, 6.45) is 3.80. The highest BCUT2D eigenvalue weighted by molar-refractivity contribution is 5.76. The number of hydrogen-bond donors (Lipinski definition) is 0. The zero-order valence-corrected chi connectivity index (χ0v) is 16.5. The number of piperidine rings is 1. The Morgan fingerprint density at radius 3 is 2.46 bits per heavy atom. The number of nitrogens with zero attached hydrogens (tertiary/aromatic N) is 2. The number of carbonyl (C=O) groups is 1. The SMILES string of the molecule is O=C(CCCOc1ccccc1)N1C[C@H]2CC[C@@H](C1)N(Cc1ccccc1)C2. The van der Waals surface area contributed by atoms with Gasteiger partial charge in [-0.15, -0.1) is 0 Å². The van der Waals surface area contributed by atoms with E-state index in [4.69, 9.17) is 4.74 Å². The summed E-state index contributed by atoms with van der Waals surface area (Å²) >= 11 is 0. The van der Waals surface area contributed by atoms with Crippen LogP contribution >= 0.6 is 0 Å². The fourth-order valence-corrected chi connectivity index (χ4v) is 4.48. The Hall–Kier alpha value is -2.33. The second kappa shape index (κ2) is 9.24. The van der Waals surface area contributed by atoms with E-state index < -0.39 is 0 Å². The van der Waals surface area contributed by atoms with Crippen LogP contribution in [0.5, 0.6) is 5.75 Å². The van der Waals surface area contributed by atoms with E-state index in [9.17, 15) is 4.79 Å². The van der Waals surface area contributed by atoms with Crippen LogP contribution in [-0.2, 0) is 11.3 Å². The molecule has 2 bridgehead atoms. The van der Waals surface area contributed by atoms with Gasteiger partial charge in [-0.25, -0.2) is 0 Å². The summed E-state index contributed by atoms with van der Waals surface area (Å²) in [4.78, 5) is 17.5. The Kier molecular flexibility index (Phi) is 6.27. The molecule has 0 aliphatic carbocycles. The van der Waals surface area contributed by atoms with Gasteiger partial charge in [0.15, 0.2) is 0 Å². The van der Waals surface area contributed by atoms with E-state index in [0.29, 0.717) is 25.0 Å². The number of carbonyl (C=O) groups excluding carboxylic acids is 1. The molecule has 2 aromatic rings. The number of benzene rings is 2. The fraction of sp³-hybridized carbons (Fsp3) is 0.458. The van der Waals surface area contributed by atoms with Crippen LogP contribution in [0.4, 0.5) is 0 Å². The summed E-state index contributed by atoms with van der Waals surface area (Å²) in [6, 6.07) is 21.0. The van der Waals surface area contributed by atoms with Gasteiger partial charge in [-0.2, -0.15) is 0 Å². The molecule has 0 unspecified atom stereocenters. The van der Waals surface area contributed by atoms with Gasteiger partial charge in [0.25, 0.3) is 0 Å². The minimum Gasteiger partial charge on any atom is -0.494 e. The highest BCUT2D eigenvalue weighted by atomic mass is 16.5. The molecule has 148 valence electrons. The predicted molar refractivity (Wildman–Crippen MR) is 111 cm³/mol. The standard InChI is InChI=1S/C24H30N2O2/c27-24(12-7-15-28-23-10-5-2-6-11-23)26-18-21-13-14-22(19-26)25(17-21)16-20-8-3-1-4-9-20/h1-6,8-11,21-22H,7,12-19H2/t21-,22-/m0/s1. The number of hydrogen-bond acceptors (Lipinski definition) is 3. The Labute approximate surface area is 168 Å². The number of fused-ring (bicyclic) bond motifs is 4. The number of para-hydroxylation sites is 1. The van der Waals surface area contributed by atoms with Gasteiger partial charge in [0.2, 0.25) is 5.91 Å². The summed E-state index contributed by atoms with van der Waals surface area (Å²) in [5.41, 5.74) is 1.37. The van der Waals surface area contributed by atoms with Crippen LogP contribution < -0.4 is 4.74 Å². The maximum atomic E-state index is 12.8. The van der Waals surface area contributed by atoms with Gasteiger partial charge >= 0.3 is 0 Å². The Balaban J connectivity index is 1.27. The van der Waals surface area contributed by atoms with E-state index in [1.54, 1.807) is 0 Å². The van der Waals surface area contributed by atoms with Crippen molar-refractivity contribution in [2.45, 2.75) is 38.3 Å². The van der Waals surface area contributed by atoms with Crippen molar-refractivity contribution in [3.8, 4) is 5.75 Å². The van der Waals surface area contributed by atoms with Gasteiger partial charge in [0, 0.05) is 38.6 Å². The van der Waals surface area contributed by atoms with E-state index in [1.165, 1.54) is 18.4 Å². The summed E-state index contributed by atoms with van der Waals surface area (Å²) in [6.45, 7) is 4.49. The molecule has 3 aliphatic rings. The number of ether oxygens (including phenoxy) is 1. The number of amides is 1. The van der Waals surface area contributed by atoms with Crippen molar-refractivity contribution in [1.82, 2.24) is 9.80 Å². The second-order valence-electron chi connectivity index (χ2n) is 8.08. The van der Waals surface area contributed by atoms with Crippen LogP contribution in [0.2, 0.25) is 0 Å². The molecule has 3 saturated heterocycles. The third-order valence-corrected chi connectivity index (χ3v) is 5.96. The zero-order chi connectivity index (χ0) is 19.2. The molecule has 4 heteroatoms. The van der Waals surface area contributed by atoms with Gasteiger partial charge in [-0.05, 0) is 42.9 Å². The van der Waals surface area contributed by atoms with Crippen molar-refractivity contribution in [2.75, 3.05) is 26.2 Å². The minimum absolute atomic E-state index is 0.287. The van der Waals surface area contributed by atoms with Crippen LogP contribution in [0.25, 0.3) is 0 Å². The van der Waals surface area contributed by atoms with Crippen LogP contribution in [0.1, 0.15) is 31.2 Å². The first-order valence-corrected chi connectivity index (χ1v) is 10.5. The topological polar surface area (TPSA) is 32.8 Å². The van der Waals surface area contributed by atoms with Crippen LogP contribution in [-0.4, -0.2) is 48.0 Å². The first-order valence-electron chi connectivity index (χ1n) is 10.5. The molecule has 4 nitrogen and oxygen atoms in total. The molecule has 0 N–H and O–H groups in total. The highest BCUT2D eigenvalue weighted by Crippen LogP contribution is 2.29. The second-order valence-corrected chi connectivity index (χ2v) is 8.08. The lowest BCUT2D eigenvalue weighted by Gasteiger charge is -2.36. The molecular weight excluding hydrogens is 348 g/mol. The third-order valence-electron chi connectivity index (χ3n) is 5.96. The largest absolute Gasteiger partial charge is 0.494 e. The molecule has 3 fully saturated rings. The molecule has 0 radical (unpaired) electrons. The lowest BCUT2D eigenvalue weighted by molar-refractivity contribution is -0.131.